The van der Waals surface area contributed by atoms with Gasteiger partial charge < -0.3 is 25.6 Å². The lowest BCUT2D eigenvalue weighted by Gasteiger charge is -2.62. The fourth-order valence-corrected chi connectivity index (χ4v) is 10.0. The third-order valence-electron chi connectivity index (χ3n) is 12.1. The van der Waals surface area contributed by atoms with Gasteiger partial charge in [0.25, 0.3) is 0 Å². The van der Waals surface area contributed by atoms with Crippen molar-refractivity contribution in [3.8, 4) is 5.75 Å². The average Bonchev–Trinajstić information content (AvgIpc) is 3.27. The normalized spacial score (nSPS) is 39.3. The average molecular weight is 555 g/mol. The Balaban J connectivity index is 1.23. The van der Waals surface area contributed by atoms with E-state index in [9.17, 15) is 19.8 Å². The van der Waals surface area contributed by atoms with Gasteiger partial charge in [-0.05, 0) is 122 Å². The Morgan fingerprint density at radius 1 is 1.05 bits per heavy atom. The molecule has 0 aromatic heterocycles. The minimum absolute atomic E-state index is 0.0696. The molecule has 7 heteroatoms. The molecule has 0 heterocycles. The maximum Gasteiger partial charge on any atom is 0.224 e. The van der Waals surface area contributed by atoms with Gasteiger partial charge in [-0.1, -0.05) is 20.8 Å². The van der Waals surface area contributed by atoms with Crippen LogP contribution < -0.4 is 15.4 Å². The molecule has 0 unspecified atom stereocenters. The van der Waals surface area contributed by atoms with Crippen LogP contribution in [0.4, 0.5) is 11.4 Å². The molecule has 0 spiro atoms. The number of aliphatic hydroxyl groups is 2. The van der Waals surface area contributed by atoms with Crippen molar-refractivity contribution in [3.63, 3.8) is 0 Å². The van der Waals surface area contributed by atoms with Crippen molar-refractivity contribution < 1.29 is 24.5 Å². The molecule has 5 rings (SSSR count). The molecule has 40 heavy (non-hydrogen) atoms. The van der Waals surface area contributed by atoms with Crippen LogP contribution >= 0.6 is 0 Å². The first-order valence-electron chi connectivity index (χ1n) is 15.6. The number of rotatable bonds is 7. The van der Waals surface area contributed by atoms with Gasteiger partial charge in [-0.3, -0.25) is 9.59 Å². The number of ether oxygens (including phenoxy) is 1. The van der Waals surface area contributed by atoms with E-state index in [4.69, 9.17) is 4.74 Å². The Labute approximate surface area is 239 Å². The molecule has 4 saturated carbocycles. The molecule has 4 aliphatic rings. The molecule has 4 aliphatic carbocycles. The second-order valence-corrected chi connectivity index (χ2v) is 14.0. The number of carbonyl (C=O) groups is 2. The standard InChI is InChI=1S/C33H50N2O5/c1-19(6-13-31(39)35-28-17-22(34-20(2)36)8-12-29(28)40-5)25-10-11-26-24-9-7-21-16-23(37)14-15-32(21,3)27(24)18-30(38)33(25,26)4/h8,12,17,19,21,23-27,30,37-38H,6-7,9-11,13-16,18H2,1-5H3,(H,34,36)(H,35,39)/t19-,21+,23-,24+,25+,26-,27-,30+,32+,33-/m1/s1. The SMILES string of the molecule is COc1ccc(NC(C)=O)cc1NC(=O)CC[C@@H](C)[C@@H]1CC[C@@H]2[C@@H]3CC[C@H]4C[C@H](O)CC[C@]4(C)[C@@H]3C[C@H](O)[C@@]21C. The number of amides is 2. The number of hydrogen-bond donors (Lipinski definition) is 4. The molecule has 0 radical (unpaired) electrons. The second-order valence-electron chi connectivity index (χ2n) is 14.0. The van der Waals surface area contributed by atoms with Gasteiger partial charge in [0.05, 0.1) is 25.0 Å². The van der Waals surface area contributed by atoms with Gasteiger partial charge in [-0.25, -0.2) is 0 Å². The lowest BCUT2D eigenvalue weighted by atomic mass is 9.43. The zero-order valence-electron chi connectivity index (χ0n) is 25.0. The van der Waals surface area contributed by atoms with E-state index in [-0.39, 0.29) is 34.9 Å². The van der Waals surface area contributed by atoms with E-state index in [0.717, 1.165) is 38.5 Å². The van der Waals surface area contributed by atoms with Crippen LogP contribution in [-0.4, -0.2) is 41.3 Å². The monoisotopic (exact) mass is 554 g/mol. The van der Waals surface area contributed by atoms with E-state index in [1.54, 1.807) is 25.3 Å². The van der Waals surface area contributed by atoms with Crippen molar-refractivity contribution in [1.29, 1.82) is 0 Å². The van der Waals surface area contributed by atoms with Gasteiger partial charge in [-0.2, -0.15) is 0 Å². The van der Waals surface area contributed by atoms with E-state index < -0.39 is 0 Å². The van der Waals surface area contributed by atoms with Crippen LogP contribution in [0.15, 0.2) is 18.2 Å². The molecule has 0 bridgehead atoms. The Kier molecular flexibility index (Phi) is 8.28. The van der Waals surface area contributed by atoms with Gasteiger partial charge >= 0.3 is 0 Å². The number of carbonyl (C=O) groups excluding carboxylic acids is 2. The summed E-state index contributed by atoms with van der Waals surface area (Å²) < 4.78 is 5.42. The van der Waals surface area contributed by atoms with Gasteiger partial charge in [0.1, 0.15) is 5.75 Å². The van der Waals surface area contributed by atoms with Crippen molar-refractivity contribution in [2.24, 2.45) is 46.3 Å². The largest absolute Gasteiger partial charge is 0.495 e. The summed E-state index contributed by atoms with van der Waals surface area (Å²) in [7, 11) is 1.56. The van der Waals surface area contributed by atoms with Gasteiger partial charge in [0.15, 0.2) is 0 Å². The summed E-state index contributed by atoms with van der Waals surface area (Å²) in [6, 6.07) is 5.21. The predicted molar refractivity (Wildman–Crippen MR) is 157 cm³/mol. The highest BCUT2D eigenvalue weighted by Gasteiger charge is 2.63. The molecule has 1 aromatic rings. The summed E-state index contributed by atoms with van der Waals surface area (Å²) in [5, 5.41) is 27.9. The van der Waals surface area contributed by atoms with E-state index in [0.29, 0.717) is 59.1 Å². The van der Waals surface area contributed by atoms with Crippen molar-refractivity contribution in [2.45, 2.75) is 104 Å². The lowest BCUT2D eigenvalue weighted by molar-refractivity contribution is -0.174. The molecule has 4 fully saturated rings. The van der Waals surface area contributed by atoms with E-state index in [2.05, 4.69) is 31.4 Å². The number of nitrogens with one attached hydrogen (secondary N) is 2. The van der Waals surface area contributed by atoms with Crippen LogP contribution in [0.2, 0.25) is 0 Å². The van der Waals surface area contributed by atoms with Crippen LogP contribution in [0, 0.1) is 46.3 Å². The number of anilines is 2. The van der Waals surface area contributed by atoms with Crippen molar-refractivity contribution in [2.75, 3.05) is 17.7 Å². The number of hydrogen-bond acceptors (Lipinski definition) is 5. The first-order chi connectivity index (χ1) is 19.0. The summed E-state index contributed by atoms with van der Waals surface area (Å²) in [6.07, 6.45) is 9.25. The summed E-state index contributed by atoms with van der Waals surface area (Å²) >= 11 is 0. The highest BCUT2D eigenvalue weighted by Crippen LogP contribution is 2.68. The first-order valence-corrected chi connectivity index (χ1v) is 15.6. The van der Waals surface area contributed by atoms with Gasteiger partial charge in [-0.15, -0.1) is 0 Å². The van der Waals surface area contributed by atoms with Crippen molar-refractivity contribution in [1.82, 2.24) is 0 Å². The maximum atomic E-state index is 13.0. The predicted octanol–water partition coefficient (Wildman–Crippen LogP) is 6.00. The van der Waals surface area contributed by atoms with Gasteiger partial charge in [0, 0.05) is 19.0 Å². The van der Waals surface area contributed by atoms with Crippen LogP contribution in [0.5, 0.6) is 5.75 Å². The summed E-state index contributed by atoms with van der Waals surface area (Å²) in [5.74, 6) is 3.37. The molecule has 10 atom stereocenters. The Morgan fingerprint density at radius 2 is 1.82 bits per heavy atom. The fraction of sp³-hybridized carbons (Fsp3) is 0.758. The summed E-state index contributed by atoms with van der Waals surface area (Å²) in [6.45, 7) is 8.53. The first kappa shape index (κ1) is 29.4. The molecule has 4 N–H and O–H groups in total. The Morgan fingerprint density at radius 3 is 2.55 bits per heavy atom. The number of benzene rings is 1. The minimum atomic E-state index is -0.314. The third-order valence-corrected chi connectivity index (χ3v) is 12.1. The number of aliphatic hydroxyl groups excluding tert-OH is 2. The molecule has 0 saturated heterocycles. The highest BCUT2D eigenvalue weighted by molar-refractivity contribution is 5.94. The third kappa shape index (κ3) is 5.17. The molecular formula is C33H50N2O5. The molecule has 222 valence electrons. The fourth-order valence-electron chi connectivity index (χ4n) is 10.0. The Hall–Kier alpha value is -2.12. The van der Waals surface area contributed by atoms with Crippen molar-refractivity contribution >= 4 is 23.2 Å². The quantitative estimate of drug-likeness (QED) is 0.331. The molecular weight excluding hydrogens is 504 g/mol. The van der Waals surface area contributed by atoms with Crippen LogP contribution in [0.3, 0.4) is 0 Å². The number of fused-ring (bicyclic) bond motifs is 5. The summed E-state index contributed by atoms with van der Waals surface area (Å²) in [4.78, 5) is 24.5. The summed E-state index contributed by atoms with van der Waals surface area (Å²) in [5.41, 5.74) is 1.29. The maximum absolute atomic E-state index is 13.0. The zero-order chi connectivity index (χ0) is 28.8. The van der Waals surface area contributed by atoms with E-state index in [1.807, 2.05) is 0 Å². The van der Waals surface area contributed by atoms with Crippen LogP contribution in [-0.2, 0) is 9.59 Å². The lowest BCUT2D eigenvalue weighted by Crippen LogP contribution is -2.58. The topological polar surface area (TPSA) is 108 Å². The molecule has 2 amide bonds. The van der Waals surface area contributed by atoms with E-state index in [1.165, 1.54) is 26.2 Å². The second kappa shape index (κ2) is 11.3. The van der Waals surface area contributed by atoms with Crippen LogP contribution in [0.25, 0.3) is 0 Å². The molecule has 1 aromatic carbocycles. The smallest absolute Gasteiger partial charge is 0.224 e. The van der Waals surface area contributed by atoms with Crippen LogP contribution in [0.1, 0.15) is 91.9 Å². The van der Waals surface area contributed by atoms with E-state index >= 15 is 0 Å². The van der Waals surface area contributed by atoms with Gasteiger partial charge in [0.2, 0.25) is 11.8 Å². The zero-order valence-corrected chi connectivity index (χ0v) is 25.0. The van der Waals surface area contributed by atoms with Crippen molar-refractivity contribution in [3.05, 3.63) is 18.2 Å². The number of methoxy groups -OCH3 is 1. The molecule has 7 nitrogen and oxygen atoms in total. The minimum Gasteiger partial charge on any atom is -0.495 e. The highest BCUT2D eigenvalue weighted by atomic mass is 16.5. The molecule has 0 aliphatic heterocycles. The Bertz CT molecular complexity index is 1110.